The molecule has 1 nitrogen and oxygen atoms in total. The summed E-state index contributed by atoms with van der Waals surface area (Å²) in [6, 6.07) is 8.13. The molecule has 1 N–H and O–H groups in total. The molecule has 0 aliphatic heterocycles. The number of hydrogen-bond donors (Lipinski definition) is 1. The van der Waals surface area contributed by atoms with E-state index in [0.717, 1.165) is 10.9 Å². The molecule has 2 heteroatoms. The Morgan fingerprint density at radius 2 is 2.20 bits per heavy atom. The third-order valence-corrected chi connectivity index (χ3v) is 3.32. The highest BCUT2D eigenvalue weighted by molar-refractivity contribution is 7.17. The van der Waals surface area contributed by atoms with E-state index < -0.39 is 6.10 Å². The standard InChI is InChI=1S/C13H12OS/c1-2-3-7-12(14)11-9-15-13-8-5-4-6-10(11)13/h4-6,8-9,12,14H,7H2,1H3. The number of aliphatic hydroxyl groups excluding tert-OH is 1. The summed E-state index contributed by atoms with van der Waals surface area (Å²) in [7, 11) is 0. The Morgan fingerprint density at radius 3 is 3.00 bits per heavy atom. The average molecular weight is 216 g/mol. The zero-order valence-electron chi connectivity index (χ0n) is 8.53. The summed E-state index contributed by atoms with van der Waals surface area (Å²) in [5, 5.41) is 13.1. The summed E-state index contributed by atoms with van der Waals surface area (Å²) < 4.78 is 1.22. The lowest BCUT2D eigenvalue weighted by Gasteiger charge is -2.04. The molecule has 76 valence electrons. The molecule has 1 atom stereocenters. The second-order valence-electron chi connectivity index (χ2n) is 3.33. The van der Waals surface area contributed by atoms with Gasteiger partial charge in [0.15, 0.2) is 0 Å². The maximum Gasteiger partial charge on any atom is 0.0913 e. The molecule has 1 aromatic carbocycles. The number of thiophene rings is 1. The van der Waals surface area contributed by atoms with Crippen molar-refractivity contribution in [3.8, 4) is 11.8 Å². The smallest absolute Gasteiger partial charge is 0.0913 e. The van der Waals surface area contributed by atoms with Gasteiger partial charge in [0, 0.05) is 11.1 Å². The predicted octanol–water partition coefficient (Wildman–Crippen LogP) is 3.35. The lowest BCUT2D eigenvalue weighted by Crippen LogP contribution is -1.93. The van der Waals surface area contributed by atoms with Crippen LogP contribution in [0.15, 0.2) is 29.6 Å². The Morgan fingerprint density at radius 1 is 1.40 bits per heavy atom. The highest BCUT2D eigenvalue weighted by Crippen LogP contribution is 2.31. The molecule has 0 aliphatic rings. The van der Waals surface area contributed by atoms with Crippen LogP contribution in [-0.4, -0.2) is 5.11 Å². The van der Waals surface area contributed by atoms with E-state index >= 15 is 0 Å². The fraction of sp³-hybridized carbons (Fsp3) is 0.231. The highest BCUT2D eigenvalue weighted by Gasteiger charge is 2.11. The molecule has 1 unspecified atom stereocenters. The first-order valence-electron chi connectivity index (χ1n) is 4.86. The van der Waals surface area contributed by atoms with Gasteiger partial charge in [-0.05, 0) is 29.3 Å². The third kappa shape index (κ3) is 2.04. The highest BCUT2D eigenvalue weighted by atomic mass is 32.1. The Kier molecular flexibility index (Phi) is 3.05. The topological polar surface area (TPSA) is 20.2 Å². The van der Waals surface area contributed by atoms with Crippen LogP contribution in [0.3, 0.4) is 0 Å². The lowest BCUT2D eigenvalue weighted by atomic mass is 10.1. The van der Waals surface area contributed by atoms with Crippen molar-refractivity contribution in [2.24, 2.45) is 0 Å². The van der Waals surface area contributed by atoms with Crippen molar-refractivity contribution in [1.82, 2.24) is 0 Å². The van der Waals surface area contributed by atoms with E-state index in [9.17, 15) is 5.11 Å². The fourth-order valence-electron chi connectivity index (χ4n) is 1.57. The second-order valence-corrected chi connectivity index (χ2v) is 4.25. The lowest BCUT2D eigenvalue weighted by molar-refractivity contribution is 0.186. The van der Waals surface area contributed by atoms with Gasteiger partial charge in [-0.1, -0.05) is 18.2 Å². The van der Waals surface area contributed by atoms with Gasteiger partial charge < -0.3 is 5.11 Å². The van der Waals surface area contributed by atoms with Gasteiger partial charge in [0.2, 0.25) is 0 Å². The molecule has 0 radical (unpaired) electrons. The molecule has 1 aromatic heterocycles. The van der Waals surface area contributed by atoms with Gasteiger partial charge in [0.1, 0.15) is 0 Å². The van der Waals surface area contributed by atoms with E-state index in [2.05, 4.69) is 17.9 Å². The summed E-state index contributed by atoms with van der Waals surface area (Å²) in [6.07, 6.45) is 0.0469. The van der Waals surface area contributed by atoms with Crippen LogP contribution >= 0.6 is 11.3 Å². The Hall–Kier alpha value is -1.30. The second kappa shape index (κ2) is 4.48. The predicted molar refractivity (Wildman–Crippen MR) is 64.9 cm³/mol. The molecular weight excluding hydrogens is 204 g/mol. The molecule has 0 bridgehead atoms. The van der Waals surface area contributed by atoms with Crippen molar-refractivity contribution < 1.29 is 5.11 Å². The van der Waals surface area contributed by atoms with Crippen LogP contribution in [0.1, 0.15) is 25.0 Å². The summed E-state index contributed by atoms with van der Waals surface area (Å²) in [5.74, 6) is 5.71. The molecule has 0 saturated carbocycles. The first kappa shape index (κ1) is 10.2. The fourth-order valence-corrected chi connectivity index (χ4v) is 2.57. The molecule has 1 heterocycles. The van der Waals surface area contributed by atoms with Crippen molar-refractivity contribution in [3.05, 3.63) is 35.2 Å². The van der Waals surface area contributed by atoms with E-state index in [1.807, 2.05) is 23.6 Å². The molecule has 15 heavy (non-hydrogen) atoms. The number of fused-ring (bicyclic) bond motifs is 1. The van der Waals surface area contributed by atoms with Gasteiger partial charge >= 0.3 is 0 Å². The molecule has 2 aromatic rings. The van der Waals surface area contributed by atoms with Gasteiger partial charge in [0.05, 0.1) is 6.10 Å². The largest absolute Gasteiger partial charge is 0.387 e. The normalized spacial score (nSPS) is 12.1. The van der Waals surface area contributed by atoms with Crippen LogP contribution in [-0.2, 0) is 0 Å². The zero-order chi connectivity index (χ0) is 10.7. The van der Waals surface area contributed by atoms with E-state index in [0.29, 0.717) is 6.42 Å². The molecule has 0 saturated heterocycles. The van der Waals surface area contributed by atoms with Gasteiger partial charge in [-0.25, -0.2) is 0 Å². The molecular formula is C13H12OS. The quantitative estimate of drug-likeness (QED) is 0.763. The van der Waals surface area contributed by atoms with Crippen LogP contribution in [0.5, 0.6) is 0 Å². The maximum absolute atomic E-state index is 9.94. The molecule has 0 fully saturated rings. The van der Waals surface area contributed by atoms with Gasteiger partial charge in [-0.15, -0.1) is 23.2 Å². The Labute approximate surface area is 93.4 Å². The Bertz CT molecular complexity index is 516. The van der Waals surface area contributed by atoms with Crippen LogP contribution < -0.4 is 0 Å². The van der Waals surface area contributed by atoms with Crippen molar-refractivity contribution >= 4 is 21.4 Å². The minimum absolute atomic E-state index is 0.464. The van der Waals surface area contributed by atoms with Crippen LogP contribution in [0.2, 0.25) is 0 Å². The minimum Gasteiger partial charge on any atom is -0.387 e. The van der Waals surface area contributed by atoms with Crippen molar-refractivity contribution in [1.29, 1.82) is 0 Å². The summed E-state index contributed by atoms with van der Waals surface area (Å²) >= 11 is 1.67. The van der Waals surface area contributed by atoms with Gasteiger partial charge in [-0.2, -0.15) is 0 Å². The minimum atomic E-state index is -0.464. The van der Waals surface area contributed by atoms with Crippen LogP contribution in [0, 0.1) is 11.8 Å². The number of aliphatic hydroxyl groups is 1. The summed E-state index contributed by atoms with van der Waals surface area (Å²) in [6.45, 7) is 1.79. The van der Waals surface area contributed by atoms with E-state index in [-0.39, 0.29) is 0 Å². The van der Waals surface area contributed by atoms with Crippen molar-refractivity contribution in [3.63, 3.8) is 0 Å². The van der Waals surface area contributed by atoms with Crippen molar-refractivity contribution in [2.45, 2.75) is 19.4 Å². The van der Waals surface area contributed by atoms with Crippen LogP contribution in [0.4, 0.5) is 0 Å². The SMILES string of the molecule is CC#CCC(O)c1csc2ccccc12. The molecule has 0 spiro atoms. The molecule has 0 aliphatic carbocycles. The number of rotatable bonds is 2. The number of hydrogen-bond acceptors (Lipinski definition) is 2. The summed E-state index contributed by atoms with van der Waals surface area (Å²) in [4.78, 5) is 0. The average Bonchev–Trinajstić information content (AvgIpc) is 2.69. The van der Waals surface area contributed by atoms with Crippen LogP contribution in [0.25, 0.3) is 10.1 Å². The monoisotopic (exact) mass is 216 g/mol. The van der Waals surface area contributed by atoms with E-state index in [1.165, 1.54) is 4.70 Å². The van der Waals surface area contributed by atoms with Crippen molar-refractivity contribution in [2.75, 3.05) is 0 Å². The molecule has 2 rings (SSSR count). The van der Waals surface area contributed by atoms with Gasteiger partial charge in [-0.3, -0.25) is 0 Å². The zero-order valence-corrected chi connectivity index (χ0v) is 9.34. The third-order valence-electron chi connectivity index (χ3n) is 2.34. The van der Waals surface area contributed by atoms with Gasteiger partial charge in [0.25, 0.3) is 0 Å². The maximum atomic E-state index is 9.94. The van der Waals surface area contributed by atoms with E-state index in [1.54, 1.807) is 18.3 Å². The first-order valence-corrected chi connectivity index (χ1v) is 5.74. The summed E-state index contributed by atoms with van der Waals surface area (Å²) in [5.41, 5.74) is 0.998. The first-order chi connectivity index (χ1) is 7.33. The Balaban J connectivity index is 2.37. The molecule has 0 amide bonds. The van der Waals surface area contributed by atoms with E-state index in [4.69, 9.17) is 0 Å². The number of benzene rings is 1.